The predicted octanol–water partition coefficient (Wildman–Crippen LogP) is 5.23. The number of nitrogens with zero attached hydrogens (tertiary/aromatic N) is 4. The molecule has 204 valence electrons. The summed E-state index contributed by atoms with van der Waals surface area (Å²) in [6, 6.07) is 14.4. The summed E-state index contributed by atoms with van der Waals surface area (Å²) >= 11 is 3.09. The summed E-state index contributed by atoms with van der Waals surface area (Å²) in [6.07, 6.45) is 7.13. The molecule has 2 saturated heterocycles. The third-order valence-electron chi connectivity index (χ3n) is 7.40. The van der Waals surface area contributed by atoms with E-state index in [2.05, 4.69) is 46.0 Å². The van der Waals surface area contributed by atoms with Crippen molar-refractivity contribution in [2.45, 2.75) is 49.2 Å². The van der Waals surface area contributed by atoms with Crippen LogP contribution in [0.15, 0.2) is 71.7 Å². The molecule has 4 heterocycles. The van der Waals surface area contributed by atoms with Gasteiger partial charge < -0.3 is 10.2 Å². The Morgan fingerprint density at radius 3 is 2.56 bits per heavy atom. The Morgan fingerprint density at radius 2 is 1.82 bits per heavy atom. The Morgan fingerprint density at radius 1 is 1.05 bits per heavy atom. The van der Waals surface area contributed by atoms with Crippen LogP contribution in [0.2, 0.25) is 0 Å². The Hall–Kier alpha value is -3.01. The van der Waals surface area contributed by atoms with Crippen molar-refractivity contribution < 1.29 is 9.59 Å². The summed E-state index contributed by atoms with van der Waals surface area (Å²) in [5.41, 5.74) is 2.50. The molecule has 2 amide bonds. The summed E-state index contributed by atoms with van der Waals surface area (Å²) in [7, 11) is 0. The van der Waals surface area contributed by atoms with E-state index in [0.29, 0.717) is 30.1 Å². The Labute approximate surface area is 238 Å². The van der Waals surface area contributed by atoms with Gasteiger partial charge >= 0.3 is 0 Å². The quantitative estimate of drug-likeness (QED) is 0.285. The molecule has 5 rings (SSSR count). The summed E-state index contributed by atoms with van der Waals surface area (Å²) in [5, 5.41) is 6.83. The molecular weight excluding hydrogens is 526 g/mol. The zero-order valence-electron chi connectivity index (χ0n) is 22.1. The van der Waals surface area contributed by atoms with Gasteiger partial charge in [0.1, 0.15) is 10.7 Å². The molecule has 0 aliphatic carbocycles. The maximum atomic E-state index is 13.2. The zero-order valence-corrected chi connectivity index (χ0v) is 23.8. The molecule has 0 bridgehead atoms. The van der Waals surface area contributed by atoms with Crippen LogP contribution in [0, 0.1) is 0 Å². The van der Waals surface area contributed by atoms with Gasteiger partial charge in [0.2, 0.25) is 0 Å². The first-order valence-corrected chi connectivity index (χ1v) is 15.5. The van der Waals surface area contributed by atoms with Crippen molar-refractivity contribution in [2.24, 2.45) is 0 Å². The third kappa shape index (κ3) is 7.15. The summed E-state index contributed by atoms with van der Waals surface area (Å²) < 4.78 is 0. The number of thioether (sulfide) groups is 1. The van der Waals surface area contributed by atoms with Gasteiger partial charge in [0.25, 0.3) is 11.8 Å². The fraction of sp³-hybridized carbons (Fsp3) is 0.400. The summed E-state index contributed by atoms with van der Waals surface area (Å²) in [5.74, 6) is 0.937. The van der Waals surface area contributed by atoms with Crippen LogP contribution in [0.25, 0.3) is 0 Å². The Kier molecular flexibility index (Phi) is 9.44. The highest BCUT2D eigenvalue weighted by Gasteiger charge is 2.29. The lowest BCUT2D eigenvalue weighted by Crippen LogP contribution is -2.44. The minimum Gasteiger partial charge on any atom is -0.348 e. The number of hydrogen-bond donors (Lipinski definition) is 1. The van der Waals surface area contributed by atoms with Crippen molar-refractivity contribution >= 4 is 34.9 Å². The monoisotopic (exact) mass is 561 g/mol. The number of thiazole rings is 1. The maximum Gasteiger partial charge on any atom is 0.270 e. The van der Waals surface area contributed by atoms with Crippen LogP contribution in [0.4, 0.5) is 0 Å². The summed E-state index contributed by atoms with van der Waals surface area (Å²) in [4.78, 5) is 39.6. The van der Waals surface area contributed by atoms with Crippen LogP contribution in [-0.4, -0.2) is 69.6 Å². The van der Waals surface area contributed by atoms with E-state index in [1.54, 1.807) is 17.5 Å². The number of benzene rings is 1. The van der Waals surface area contributed by atoms with Crippen molar-refractivity contribution in [2.75, 3.05) is 31.9 Å². The van der Waals surface area contributed by atoms with Crippen molar-refractivity contribution in [1.82, 2.24) is 25.1 Å². The lowest BCUT2D eigenvalue weighted by Gasteiger charge is -2.32. The number of carbonyl (C=O) groups is 2. The van der Waals surface area contributed by atoms with Gasteiger partial charge in [-0.25, -0.2) is 9.97 Å². The van der Waals surface area contributed by atoms with Gasteiger partial charge in [-0.2, -0.15) is 0 Å². The highest BCUT2D eigenvalue weighted by atomic mass is 32.2. The van der Waals surface area contributed by atoms with E-state index in [9.17, 15) is 9.59 Å². The van der Waals surface area contributed by atoms with E-state index in [-0.39, 0.29) is 23.8 Å². The fourth-order valence-electron chi connectivity index (χ4n) is 5.22. The molecular formula is C30H35N5O2S2. The largest absolute Gasteiger partial charge is 0.348 e. The highest BCUT2D eigenvalue weighted by molar-refractivity contribution is 7.99. The van der Waals surface area contributed by atoms with Gasteiger partial charge in [0, 0.05) is 62.0 Å². The van der Waals surface area contributed by atoms with Gasteiger partial charge in [0.05, 0.1) is 10.6 Å². The first-order chi connectivity index (χ1) is 19.1. The number of carbonyl (C=O) groups excluding carboxylic acids is 2. The number of aromatic nitrogens is 2. The molecule has 2 aliphatic heterocycles. The molecule has 2 fully saturated rings. The lowest BCUT2D eigenvalue weighted by molar-refractivity contribution is 0.0708. The molecule has 3 aromatic rings. The first-order valence-electron chi connectivity index (χ1n) is 13.6. The normalized spacial score (nSPS) is 17.2. The molecule has 9 heteroatoms. The van der Waals surface area contributed by atoms with Gasteiger partial charge in [-0.3, -0.25) is 14.5 Å². The molecule has 1 N–H and O–H groups in total. The molecule has 0 spiro atoms. The fourth-order valence-corrected chi connectivity index (χ4v) is 6.92. The van der Waals surface area contributed by atoms with Gasteiger partial charge in [-0.1, -0.05) is 36.4 Å². The second-order valence-corrected chi connectivity index (χ2v) is 12.0. The van der Waals surface area contributed by atoms with Crippen LogP contribution >= 0.6 is 23.1 Å². The summed E-state index contributed by atoms with van der Waals surface area (Å²) in [6.45, 7) is 8.02. The lowest BCUT2D eigenvalue weighted by atomic mass is 9.97. The van der Waals surface area contributed by atoms with Crippen LogP contribution in [0.5, 0.6) is 0 Å². The Balaban J connectivity index is 1.09. The highest BCUT2D eigenvalue weighted by Crippen LogP contribution is 2.32. The molecule has 0 radical (unpaired) electrons. The average Bonchev–Trinajstić information content (AvgIpc) is 3.48. The number of nitrogens with one attached hydrogen (secondary N) is 1. The van der Waals surface area contributed by atoms with Crippen LogP contribution < -0.4 is 5.32 Å². The van der Waals surface area contributed by atoms with Crippen molar-refractivity contribution in [3.63, 3.8) is 0 Å². The molecule has 39 heavy (non-hydrogen) atoms. The topological polar surface area (TPSA) is 78.4 Å². The number of rotatable bonds is 9. The van der Waals surface area contributed by atoms with E-state index < -0.39 is 0 Å². The number of pyridine rings is 1. The van der Waals surface area contributed by atoms with E-state index in [0.717, 1.165) is 55.4 Å². The second-order valence-electron chi connectivity index (χ2n) is 10.1. The maximum absolute atomic E-state index is 13.2. The molecule has 1 aromatic carbocycles. The van der Waals surface area contributed by atoms with Crippen LogP contribution in [-0.2, 0) is 6.54 Å². The molecule has 0 atom stereocenters. The van der Waals surface area contributed by atoms with Crippen molar-refractivity contribution in [3.05, 3.63) is 88.5 Å². The number of amides is 2. The second kappa shape index (κ2) is 13.4. The molecule has 7 nitrogen and oxygen atoms in total. The van der Waals surface area contributed by atoms with Gasteiger partial charge in [-0.05, 0) is 43.4 Å². The van der Waals surface area contributed by atoms with Crippen molar-refractivity contribution in [1.29, 1.82) is 0 Å². The van der Waals surface area contributed by atoms with Gasteiger partial charge in [0.15, 0.2) is 0 Å². The van der Waals surface area contributed by atoms with Crippen LogP contribution in [0.1, 0.15) is 63.0 Å². The smallest absolute Gasteiger partial charge is 0.270 e. The molecule has 2 aromatic heterocycles. The molecule has 0 saturated carbocycles. The minimum absolute atomic E-state index is 0.0298. The van der Waals surface area contributed by atoms with E-state index in [1.807, 2.05) is 34.6 Å². The number of hydrogen-bond acceptors (Lipinski definition) is 7. The zero-order chi connectivity index (χ0) is 27.0. The molecule has 2 aliphatic rings. The van der Waals surface area contributed by atoms with Crippen molar-refractivity contribution in [3.8, 4) is 0 Å². The van der Waals surface area contributed by atoms with E-state index in [4.69, 9.17) is 4.98 Å². The third-order valence-corrected chi connectivity index (χ3v) is 9.41. The number of piperidine rings is 2. The molecule has 0 unspecified atom stereocenters. The van der Waals surface area contributed by atoms with Gasteiger partial charge in [-0.15, -0.1) is 29.7 Å². The van der Waals surface area contributed by atoms with E-state index in [1.165, 1.54) is 17.3 Å². The Bertz CT molecular complexity index is 1270. The first kappa shape index (κ1) is 27.6. The van der Waals surface area contributed by atoms with E-state index >= 15 is 0 Å². The average molecular weight is 562 g/mol. The number of likely N-dealkylation sites (tertiary alicyclic amines) is 2. The predicted molar refractivity (Wildman–Crippen MR) is 157 cm³/mol. The van der Waals surface area contributed by atoms with Crippen LogP contribution in [0.3, 0.4) is 0 Å². The standard InChI is InChI=1S/C30H35N5O2S2/c1-2-19-38-29-25(9-6-14-31-29)30(37)35-17-10-23(11-18-35)28-33-26(21-39-28)27(36)32-24-12-15-34(16-13-24)20-22-7-4-3-5-8-22/h2-9,14,21,23-24H,1,10-13,15-20H2,(H,32,36). The minimum atomic E-state index is -0.0762. The SMILES string of the molecule is C=CCSc1ncccc1C(=O)N1CCC(c2nc(C(=O)NC3CCN(Cc4ccccc4)CC3)cs2)CC1.